The lowest BCUT2D eigenvalue weighted by Crippen LogP contribution is -2.45. The van der Waals surface area contributed by atoms with Crippen LogP contribution in [-0.2, 0) is 21.2 Å². The second kappa shape index (κ2) is 9.47. The van der Waals surface area contributed by atoms with Gasteiger partial charge in [0, 0.05) is 43.8 Å². The maximum atomic E-state index is 13.3. The number of fused-ring (bicyclic) bond motifs is 1. The first-order valence-corrected chi connectivity index (χ1v) is 13.3. The average molecular weight is 470 g/mol. The molecule has 1 amide bonds. The van der Waals surface area contributed by atoms with Gasteiger partial charge in [-0.1, -0.05) is 35.9 Å². The number of nitrogens with one attached hydrogen (secondary N) is 1. The first-order valence-electron chi connectivity index (χ1n) is 11.9. The normalized spacial score (nSPS) is 19.5. The Hall–Kier alpha value is -2.38. The number of amides is 1. The minimum absolute atomic E-state index is 0.0369. The summed E-state index contributed by atoms with van der Waals surface area (Å²) in [5.74, 6) is -0.102. The van der Waals surface area contributed by atoms with Gasteiger partial charge in [0.05, 0.1) is 4.90 Å². The zero-order valence-electron chi connectivity index (χ0n) is 20.1. The molecule has 7 heteroatoms. The van der Waals surface area contributed by atoms with Crippen LogP contribution in [0.4, 0.5) is 5.69 Å². The van der Waals surface area contributed by atoms with E-state index in [0.717, 1.165) is 29.7 Å². The fourth-order valence-electron chi connectivity index (χ4n) is 5.48. The molecule has 2 aromatic carbocycles. The molecule has 4 rings (SSSR count). The highest BCUT2D eigenvalue weighted by atomic mass is 32.2. The van der Waals surface area contributed by atoms with Gasteiger partial charge in [0.1, 0.15) is 0 Å². The first-order chi connectivity index (χ1) is 15.7. The average Bonchev–Trinajstić information content (AvgIpc) is 3.08. The SMILES string of the molecule is Cc1cc(C)c(S(=O)(=O)N2CCC(C(=O)NCCN3c4ccccc4CC3C)CC2)c(C)c1. The van der Waals surface area contributed by atoms with Crippen molar-refractivity contribution in [2.24, 2.45) is 5.92 Å². The van der Waals surface area contributed by atoms with Crippen LogP contribution in [0.5, 0.6) is 0 Å². The number of benzene rings is 2. The Labute approximate surface area is 198 Å². The van der Waals surface area contributed by atoms with Gasteiger partial charge < -0.3 is 10.2 Å². The Balaban J connectivity index is 1.31. The van der Waals surface area contributed by atoms with E-state index < -0.39 is 10.0 Å². The van der Waals surface area contributed by atoms with Crippen LogP contribution >= 0.6 is 0 Å². The number of sulfonamides is 1. The summed E-state index contributed by atoms with van der Waals surface area (Å²) in [6, 6.07) is 12.7. The van der Waals surface area contributed by atoms with Crippen molar-refractivity contribution < 1.29 is 13.2 Å². The van der Waals surface area contributed by atoms with E-state index in [4.69, 9.17) is 0 Å². The van der Waals surface area contributed by atoms with Crippen molar-refractivity contribution in [1.29, 1.82) is 0 Å². The molecule has 1 unspecified atom stereocenters. The summed E-state index contributed by atoms with van der Waals surface area (Å²) in [7, 11) is -3.56. The van der Waals surface area contributed by atoms with Gasteiger partial charge in [0.15, 0.2) is 0 Å². The predicted octanol–water partition coefficient (Wildman–Crippen LogP) is 3.58. The molecule has 0 aromatic heterocycles. The zero-order chi connectivity index (χ0) is 23.8. The predicted molar refractivity (Wildman–Crippen MR) is 132 cm³/mol. The summed E-state index contributed by atoms with van der Waals surface area (Å²) in [6.45, 7) is 10.0. The third-order valence-corrected chi connectivity index (χ3v) is 9.23. The van der Waals surface area contributed by atoms with Crippen LogP contribution in [0.1, 0.15) is 42.0 Å². The van der Waals surface area contributed by atoms with Crippen molar-refractivity contribution in [2.75, 3.05) is 31.1 Å². The number of rotatable bonds is 6. The number of piperidine rings is 1. The number of carbonyl (C=O) groups excluding carboxylic acids is 1. The molecule has 1 saturated heterocycles. The van der Waals surface area contributed by atoms with Crippen LogP contribution in [0.2, 0.25) is 0 Å². The van der Waals surface area contributed by atoms with Crippen LogP contribution in [0.15, 0.2) is 41.3 Å². The van der Waals surface area contributed by atoms with Crippen LogP contribution in [0.3, 0.4) is 0 Å². The highest BCUT2D eigenvalue weighted by Crippen LogP contribution is 2.31. The number of anilines is 1. The van der Waals surface area contributed by atoms with Crippen molar-refractivity contribution in [3.8, 4) is 0 Å². The summed E-state index contributed by atoms with van der Waals surface area (Å²) >= 11 is 0. The third kappa shape index (κ3) is 4.80. The standard InChI is InChI=1S/C26H35N3O3S/c1-18-15-19(2)25(20(3)16-18)33(31,32)28-12-9-22(10-13-28)26(30)27-11-14-29-21(4)17-23-7-5-6-8-24(23)29/h5-8,15-16,21-22H,9-14,17H2,1-4H3,(H,27,30). The number of para-hydroxylation sites is 1. The van der Waals surface area contributed by atoms with Gasteiger partial charge in [-0.25, -0.2) is 8.42 Å². The van der Waals surface area contributed by atoms with Crippen LogP contribution in [0, 0.1) is 26.7 Å². The molecule has 2 aliphatic heterocycles. The number of hydrogen-bond acceptors (Lipinski definition) is 4. The molecule has 1 fully saturated rings. The number of hydrogen-bond donors (Lipinski definition) is 1. The Morgan fingerprint density at radius 3 is 2.36 bits per heavy atom. The molecule has 178 valence electrons. The van der Waals surface area contributed by atoms with E-state index in [1.165, 1.54) is 11.3 Å². The molecule has 6 nitrogen and oxygen atoms in total. The molecule has 0 radical (unpaired) electrons. The topological polar surface area (TPSA) is 69.7 Å². The van der Waals surface area contributed by atoms with Crippen molar-refractivity contribution in [3.05, 3.63) is 58.7 Å². The second-order valence-electron chi connectivity index (χ2n) is 9.57. The Bertz CT molecular complexity index is 1110. The Morgan fingerprint density at radius 2 is 1.70 bits per heavy atom. The maximum absolute atomic E-state index is 13.3. The molecular weight excluding hydrogens is 434 g/mol. The van der Waals surface area contributed by atoms with Gasteiger partial charge in [-0.2, -0.15) is 4.31 Å². The van der Waals surface area contributed by atoms with Crippen molar-refractivity contribution >= 4 is 21.6 Å². The number of carbonyl (C=O) groups is 1. The molecule has 0 spiro atoms. The molecule has 2 aromatic rings. The summed E-state index contributed by atoms with van der Waals surface area (Å²) in [6.07, 6.45) is 2.15. The highest BCUT2D eigenvalue weighted by molar-refractivity contribution is 7.89. The fourth-order valence-corrected chi connectivity index (χ4v) is 7.36. The fraction of sp³-hybridized carbons (Fsp3) is 0.500. The van der Waals surface area contributed by atoms with Gasteiger partial charge >= 0.3 is 0 Å². The minimum atomic E-state index is -3.56. The van der Waals surface area contributed by atoms with E-state index in [1.807, 2.05) is 32.9 Å². The highest BCUT2D eigenvalue weighted by Gasteiger charge is 2.34. The number of aryl methyl sites for hydroxylation is 3. The van der Waals surface area contributed by atoms with Gasteiger partial charge in [0.25, 0.3) is 0 Å². The van der Waals surface area contributed by atoms with E-state index in [2.05, 4.69) is 41.4 Å². The zero-order valence-corrected chi connectivity index (χ0v) is 20.9. The van der Waals surface area contributed by atoms with E-state index in [0.29, 0.717) is 43.4 Å². The summed E-state index contributed by atoms with van der Waals surface area (Å²) in [5, 5.41) is 3.09. The minimum Gasteiger partial charge on any atom is -0.367 e. The monoisotopic (exact) mass is 469 g/mol. The summed E-state index contributed by atoms with van der Waals surface area (Å²) < 4.78 is 28.1. The second-order valence-corrected chi connectivity index (χ2v) is 11.4. The molecule has 0 bridgehead atoms. The first kappa shape index (κ1) is 23.8. The van der Waals surface area contributed by atoms with Gasteiger partial charge in [-0.3, -0.25) is 4.79 Å². The molecule has 0 saturated carbocycles. The molecule has 0 aliphatic carbocycles. The van der Waals surface area contributed by atoms with Gasteiger partial charge in [-0.05, 0) is 69.7 Å². The van der Waals surface area contributed by atoms with Crippen LogP contribution in [0.25, 0.3) is 0 Å². The molecule has 2 heterocycles. The van der Waals surface area contributed by atoms with Crippen molar-refractivity contribution in [2.45, 2.75) is 57.9 Å². The summed E-state index contributed by atoms with van der Waals surface area (Å²) in [5.41, 5.74) is 5.25. The van der Waals surface area contributed by atoms with Crippen molar-refractivity contribution in [3.63, 3.8) is 0 Å². The van der Waals surface area contributed by atoms with Crippen LogP contribution < -0.4 is 10.2 Å². The summed E-state index contributed by atoms with van der Waals surface area (Å²) in [4.78, 5) is 15.5. The van der Waals surface area contributed by atoms with E-state index in [9.17, 15) is 13.2 Å². The van der Waals surface area contributed by atoms with E-state index in [1.54, 1.807) is 4.31 Å². The smallest absolute Gasteiger partial charge is 0.243 e. The Morgan fingerprint density at radius 1 is 1.06 bits per heavy atom. The maximum Gasteiger partial charge on any atom is 0.243 e. The van der Waals surface area contributed by atoms with Gasteiger partial charge in [-0.15, -0.1) is 0 Å². The van der Waals surface area contributed by atoms with Crippen molar-refractivity contribution in [1.82, 2.24) is 9.62 Å². The molecule has 33 heavy (non-hydrogen) atoms. The quantitative estimate of drug-likeness (QED) is 0.702. The number of nitrogens with zero attached hydrogens (tertiary/aromatic N) is 2. The largest absolute Gasteiger partial charge is 0.367 e. The third-order valence-electron chi connectivity index (χ3n) is 7.03. The molecule has 2 aliphatic rings. The van der Waals surface area contributed by atoms with Gasteiger partial charge in [0.2, 0.25) is 15.9 Å². The lowest BCUT2D eigenvalue weighted by Gasteiger charge is -2.32. The Kier molecular flexibility index (Phi) is 6.82. The molecular formula is C26H35N3O3S. The van der Waals surface area contributed by atoms with E-state index in [-0.39, 0.29) is 11.8 Å². The lowest BCUT2D eigenvalue weighted by atomic mass is 9.97. The van der Waals surface area contributed by atoms with Crippen LogP contribution in [-0.4, -0.2) is 50.9 Å². The van der Waals surface area contributed by atoms with E-state index >= 15 is 0 Å². The lowest BCUT2D eigenvalue weighted by molar-refractivity contribution is -0.126. The molecule has 1 atom stereocenters. The molecule has 1 N–H and O–H groups in total.